The van der Waals surface area contributed by atoms with Crippen LogP contribution in [0, 0.1) is 6.92 Å². The van der Waals surface area contributed by atoms with Crippen LogP contribution in [-0.4, -0.2) is 44.8 Å². The summed E-state index contributed by atoms with van der Waals surface area (Å²) >= 11 is 3.44. The molecule has 1 atom stereocenters. The number of amides is 2. The Kier molecular flexibility index (Phi) is 10.0. The smallest absolute Gasteiger partial charge is 0.264 e. The van der Waals surface area contributed by atoms with Gasteiger partial charge in [-0.05, 0) is 80.1 Å². The minimum atomic E-state index is -4.17. The highest BCUT2D eigenvalue weighted by Crippen LogP contribution is 2.29. The van der Waals surface area contributed by atoms with E-state index in [-0.39, 0.29) is 23.0 Å². The maximum absolute atomic E-state index is 14.0. The Hall–Kier alpha value is -4.15. The maximum Gasteiger partial charge on any atom is 0.264 e. The van der Waals surface area contributed by atoms with Gasteiger partial charge in [0.15, 0.2) is 0 Å². The highest BCUT2D eigenvalue weighted by atomic mass is 79.9. The van der Waals surface area contributed by atoms with E-state index in [0.717, 1.165) is 19.9 Å². The van der Waals surface area contributed by atoms with E-state index >= 15 is 0 Å². The third kappa shape index (κ3) is 7.57. The molecule has 0 bridgehead atoms. The first-order valence-electron chi connectivity index (χ1n) is 13.3. The van der Waals surface area contributed by atoms with E-state index in [9.17, 15) is 18.0 Å². The molecule has 8 nitrogen and oxygen atoms in total. The third-order valence-corrected chi connectivity index (χ3v) is 8.93. The second kappa shape index (κ2) is 13.7. The van der Waals surface area contributed by atoms with Crippen molar-refractivity contribution >= 4 is 43.5 Å². The number of aryl methyl sites for hydroxylation is 1. The highest BCUT2D eigenvalue weighted by molar-refractivity contribution is 9.10. The van der Waals surface area contributed by atoms with Gasteiger partial charge in [-0.15, -0.1) is 0 Å². The summed E-state index contributed by atoms with van der Waals surface area (Å²) in [6, 6.07) is 28.7. The summed E-state index contributed by atoms with van der Waals surface area (Å²) in [5, 5.41) is 2.58. The van der Waals surface area contributed by atoms with Gasteiger partial charge in [0.2, 0.25) is 11.8 Å². The fourth-order valence-corrected chi connectivity index (χ4v) is 6.16. The van der Waals surface area contributed by atoms with Gasteiger partial charge in [-0.3, -0.25) is 13.9 Å². The molecule has 218 valence electrons. The van der Waals surface area contributed by atoms with Crippen LogP contribution in [0.1, 0.15) is 18.1 Å². The van der Waals surface area contributed by atoms with Gasteiger partial charge in [0.05, 0.1) is 10.6 Å². The van der Waals surface area contributed by atoms with Crippen molar-refractivity contribution < 1.29 is 22.7 Å². The minimum Gasteiger partial charge on any atom is -0.457 e. The standard InChI is InChI=1S/C32H32BrN3O5S/c1-23-12-18-30(19-13-23)42(39,40)36(27-14-16-29(17-15-27)41-28-10-5-4-6-11-28)22-31(37)35(24(2)32(38)34-3)21-25-8-7-9-26(33)20-25/h4-20,24H,21-22H2,1-3H3,(H,34,38)/t24-/m0/s1. The molecule has 2 amide bonds. The number of ether oxygens (including phenoxy) is 1. The van der Waals surface area contributed by atoms with Gasteiger partial charge in [-0.2, -0.15) is 0 Å². The summed E-state index contributed by atoms with van der Waals surface area (Å²) in [7, 11) is -2.67. The first kappa shape index (κ1) is 30.8. The molecule has 0 radical (unpaired) electrons. The molecule has 0 aliphatic heterocycles. The van der Waals surface area contributed by atoms with E-state index in [1.54, 1.807) is 43.3 Å². The second-order valence-electron chi connectivity index (χ2n) is 9.68. The summed E-state index contributed by atoms with van der Waals surface area (Å²) in [5.41, 5.74) is 1.96. The Bertz CT molecular complexity index is 1630. The fraction of sp³-hybridized carbons (Fsp3) is 0.188. The van der Waals surface area contributed by atoms with Gasteiger partial charge < -0.3 is 15.0 Å². The van der Waals surface area contributed by atoms with Crippen LogP contribution in [0.4, 0.5) is 5.69 Å². The first-order chi connectivity index (χ1) is 20.1. The molecule has 0 unspecified atom stereocenters. The van der Waals surface area contributed by atoms with Gasteiger partial charge in [0, 0.05) is 18.1 Å². The molecule has 0 saturated carbocycles. The summed E-state index contributed by atoms with van der Waals surface area (Å²) in [5.74, 6) is 0.240. The van der Waals surface area contributed by atoms with Crippen molar-refractivity contribution in [3.8, 4) is 11.5 Å². The molecule has 4 aromatic rings. The molecule has 0 aliphatic carbocycles. The third-order valence-electron chi connectivity index (χ3n) is 6.65. The molecular weight excluding hydrogens is 618 g/mol. The molecule has 0 heterocycles. The topological polar surface area (TPSA) is 96.0 Å². The van der Waals surface area contributed by atoms with Crippen LogP contribution in [0.2, 0.25) is 0 Å². The number of anilines is 1. The number of para-hydroxylation sites is 1. The molecule has 0 saturated heterocycles. The monoisotopic (exact) mass is 649 g/mol. The van der Waals surface area contributed by atoms with E-state index in [0.29, 0.717) is 11.5 Å². The number of sulfonamides is 1. The van der Waals surface area contributed by atoms with Crippen molar-refractivity contribution in [3.05, 3.63) is 119 Å². The van der Waals surface area contributed by atoms with Crippen LogP contribution < -0.4 is 14.4 Å². The zero-order chi connectivity index (χ0) is 30.3. The van der Waals surface area contributed by atoms with Crippen LogP contribution in [0.15, 0.2) is 112 Å². The average Bonchev–Trinajstić information content (AvgIpc) is 2.99. The number of benzene rings is 4. The number of likely N-dealkylation sites (N-methyl/N-ethyl adjacent to an activating group) is 1. The number of nitrogens with one attached hydrogen (secondary N) is 1. The van der Waals surface area contributed by atoms with Crippen molar-refractivity contribution in [2.24, 2.45) is 0 Å². The van der Waals surface area contributed by atoms with Gasteiger partial charge >= 0.3 is 0 Å². The van der Waals surface area contributed by atoms with Gasteiger partial charge in [0.25, 0.3) is 10.0 Å². The van der Waals surface area contributed by atoms with Crippen LogP contribution in [0.25, 0.3) is 0 Å². The quantitative estimate of drug-likeness (QED) is 0.218. The van der Waals surface area contributed by atoms with E-state index < -0.39 is 28.5 Å². The van der Waals surface area contributed by atoms with Crippen LogP contribution in [0.5, 0.6) is 11.5 Å². The van der Waals surface area contributed by atoms with Crippen molar-refractivity contribution in [3.63, 3.8) is 0 Å². The normalized spacial score (nSPS) is 11.8. The lowest BCUT2D eigenvalue weighted by Gasteiger charge is -2.32. The lowest BCUT2D eigenvalue weighted by Crippen LogP contribution is -2.50. The molecule has 10 heteroatoms. The molecule has 1 N–H and O–H groups in total. The SMILES string of the molecule is CNC(=O)[C@H](C)N(Cc1cccc(Br)c1)C(=O)CN(c1ccc(Oc2ccccc2)cc1)S(=O)(=O)c1ccc(C)cc1. The summed E-state index contributed by atoms with van der Waals surface area (Å²) < 4.78 is 35.7. The zero-order valence-corrected chi connectivity index (χ0v) is 25.9. The predicted octanol–water partition coefficient (Wildman–Crippen LogP) is 5.91. The Balaban J connectivity index is 1.70. The minimum absolute atomic E-state index is 0.0448. The van der Waals surface area contributed by atoms with Crippen molar-refractivity contribution in [1.82, 2.24) is 10.2 Å². The molecule has 0 aromatic heterocycles. The van der Waals surface area contributed by atoms with Crippen molar-refractivity contribution in [2.75, 3.05) is 17.9 Å². The van der Waals surface area contributed by atoms with Gasteiger partial charge in [-0.1, -0.05) is 64.0 Å². The zero-order valence-electron chi connectivity index (χ0n) is 23.5. The highest BCUT2D eigenvalue weighted by Gasteiger charge is 2.32. The Labute approximate surface area is 255 Å². The van der Waals surface area contributed by atoms with Crippen LogP contribution >= 0.6 is 15.9 Å². The lowest BCUT2D eigenvalue weighted by molar-refractivity contribution is -0.139. The number of carbonyl (C=O) groups is 2. The average molecular weight is 651 g/mol. The summed E-state index contributed by atoms with van der Waals surface area (Å²) in [6.45, 7) is 3.06. The largest absolute Gasteiger partial charge is 0.457 e. The Morgan fingerprint density at radius 2 is 1.52 bits per heavy atom. The maximum atomic E-state index is 14.0. The van der Waals surface area contributed by atoms with E-state index in [4.69, 9.17) is 4.74 Å². The Morgan fingerprint density at radius 1 is 0.881 bits per heavy atom. The first-order valence-corrected chi connectivity index (χ1v) is 15.5. The van der Waals surface area contributed by atoms with Crippen LogP contribution in [0.3, 0.4) is 0 Å². The molecule has 42 heavy (non-hydrogen) atoms. The predicted molar refractivity (Wildman–Crippen MR) is 167 cm³/mol. The summed E-state index contributed by atoms with van der Waals surface area (Å²) in [6.07, 6.45) is 0. The van der Waals surface area contributed by atoms with Gasteiger partial charge in [0.1, 0.15) is 24.1 Å². The number of carbonyl (C=O) groups excluding carboxylic acids is 2. The van der Waals surface area contributed by atoms with E-state index in [2.05, 4.69) is 21.2 Å². The molecular formula is C32H32BrN3O5S. The second-order valence-corrected chi connectivity index (χ2v) is 12.5. The summed E-state index contributed by atoms with van der Waals surface area (Å²) in [4.78, 5) is 28.0. The van der Waals surface area contributed by atoms with E-state index in [1.165, 1.54) is 24.1 Å². The number of hydrogen-bond donors (Lipinski definition) is 1. The fourth-order valence-electron chi connectivity index (χ4n) is 4.29. The molecule has 4 aromatic carbocycles. The number of hydrogen-bond acceptors (Lipinski definition) is 5. The molecule has 0 spiro atoms. The number of nitrogens with zero attached hydrogens (tertiary/aromatic N) is 2. The molecule has 0 fully saturated rings. The number of rotatable bonds is 11. The van der Waals surface area contributed by atoms with Gasteiger partial charge in [-0.25, -0.2) is 8.42 Å². The lowest BCUT2D eigenvalue weighted by atomic mass is 10.1. The number of halogens is 1. The van der Waals surface area contributed by atoms with Crippen LogP contribution in [-0.2, 0) is 26.2 Å². The Morgan fingerprint density at radius 3 is 2.14 bits per heavy atom. The molecule has 4 rings (SSSR count). The van der Waals surface area contributed by atoms with Crippen molar-refractivity contribution in [2.45, 2.75) is 31.3 Å². The van der Waals surface area contributed by atoms with E-state index in [1.807, 2.05) is 61.5 Å². The molecule has 0 aliphatic rings. The van der Waals surface area contributed by atoms with Crippen molar-refractivity contribution in [1.29, 1.82) is 0 Å².